The Morgan fingerprint density at radius 3 is 2.41 bits per heavy atom. The summed E-state index contributed by atoms with van der Waals surface area (Å²) in [4.78, 5) is 35.4. The number of hydrogen-bond acceptors (Lipinski definition) is 5. The van der Waals surface area contributed by atoms with E-state index in [-0.39, 0.29) is 11.1 Å². The van der Waals surface area contributed by atoms with E-state index < -0.39 is 52.5 Å². The number of non-ortho nitro benzene ring substituents is 1. The average Bonchev–Trinajstić information content (AvgIpc) is 2.67. The number of carbonyl (C=O) groups excluding carboxylic acids is 2. The lowest BCUT2D eigenvalue weighted by Gasteiger charge is -2.44. The van der Waals surface area contributed by atoms with Gasteiger partial charge in [-0.15, -0.1) is 0 Å². The molecule has 29 heavy (non-hydrogen) atoms. The molecule has 1 heterocycles. The average molecular weight is 408 g/mol. The van der Waals surface area contributed by atoms with E-state index in [0.29, 0.717) is 0 Å². The van der Waals surface area contributed by atoms with Crippen LogP contribution in [0.15, 0.2) is 54.6 Å². The van der Waals surface area contributed by atoms with E-state index in [0.717, 1.165) is 12.1 Å². The highest BCUT2D eigenvalue weighted by molar-refractivity contribution is 6.00. The molecule has 1 amide bonds. The molecule has 152 valence electrons. The van der Waals surface area contributed by atoms with Crippen LogP contribution >= 0.6 is 0 Å². The largest absolute Gasteiger partial charge is 0.437 e. The molecule has 0 radical (unpaired) electrons. The van der Waals surface area contributed by atoms with Crippen molar-refractivity contribution in [3.8, 4) is 0 Å². The number of halogens is 3. The summed E-state index contributed by atoms with van der Waals surface area (Å²) in [5.74, 6) is -5.73. The molecule has 2 aromatic carbocycles. The maximum absolute atomic E-state index is 13.8. The van der Waals surface area contributed by atoms with Crippen LogP contribution in [0, 0.1) is 16.0 Å². The Kier molecular flexibility index (Phi) is 5.14. The molecule has 0 aromatic heterocycles. The zero-order valence-corrected chi connectivity index (χ0v) is 14.7. The van der Waals surface area contributed by atoms with Crippen LogP contribution in [0.25, 0.3) is 0 Å². The van der Waals surface area contributed by atoms with Crippen molar-refractivity contribution >= 4 is 17.4 Å². The minimum Gasteiger partial charge on any atom is -0.363 e. The minimum absolute atomic E-state index is 0.0222. The minimum atomic E-state index is -5.36. The number of nitrogens with zero attached hydrogens (tertiary/aromatic N) is 1. The van der Waals surface area contributed by atoms with Gasteiger partial charge in [-0.3, -0.25) is 19.7 Å². The summed E-state index contributed by atoms with van der Waals surface area (Å²) in [5, 5.41) is 23.0. The number of nitro benzene ring substituents is 1. The van der Waals surface area contributed by atoms with Gasteiger partial charge in [0.25, 0.3) is 5.69 Å². The molecule has 0 bridgehead atoms. The van der Waals surface area contributed by atoms with Crippen LogP contribution in [0.5, 0.6) is 0 Å². The SMILES string of the molecule is O=C1C[C@H](c2cccc([N+](=O)[O-])c2)[C@H](C(=O)c2ccccc2)[C@](O)(C(F)(F)F)N1. The van der Waals surface area contributed by atoms with E-state index in [9.17, 15) is 38.0 Å². The molecule has 1 aliphatic heterocycles. The molecule has 2 N–H and O–H groups in total. The lowest BCUT2D eigenvalue weighted by Crippen LogP contribution is -2.69. The standard InChI is InChI=1S/C19H15F3N2O5/c20-19(21,22)18(27)16(17(26)11-5-2-1-3-6-11)14(10-15(25)23-18)12-7-4-8-13(9-12)24(28)29/h1-9,14,16,27H,10H2,(H,23,25)/t14-,16-,18+/m1/s1. The smallest absolute Gasteiger partial charge is 0.363 e. The number of rotatable bonds is 4. The van der Waals surface area contributed by atoms with Gasteiger partial charge >= 0.3 is 6.18 Å². The quantitative estimate of drug-likeness (QED) is 0.459. The molecule has 0 spiro atoms. The van der Waals surface area contributed by atoms with Crippen LogP contribution in [0.3, 0.4) is 0 Å². The fourth-order valence-corrected chi connectivity index (χ4v) is 3.53. The Bertz CT molecular complexity index is 964. The van der Waals surface area contributed by atoms with Crippen LogP contribution < -0.4 is 5.32 Å². The van der Waals surface area contributed by atoms with E-state index in [1.165, 1.54) is 41.7 Å². The van der Waals surface area contributed by atoms with E-state index in [1.807, 2.05) is 0 Å². The van der Waals surface area contributed by atoms with Crippen molar-refractivity contribution in [2.45, 2.75) is 24.2 Å². The number of alkyl halides is 3. The first-order chi connectivity index (χ1) is 13.5. The van der Waals surface area contributed by atoms with E-state index in [4.69, 9.17) is 0 Å². The van der Waals surface area contributed by atoms with E-state index >= 15 is 0 Å². The first-order valence-electron chi connectivity index (χ1n) is 8.48. The predicted octanol–water partition coefficient (Wildman–Crippen LogP) is 2.95. The first-order valence-corrected chi connectivity index (χ1v) is 8.48. The molecule has 0 aliphatic carbocycles. The van der Waals surface area contributed by atoms with Gasteiger partial charge in [-0.2, -0.15) is 13.2 Å². The number of hydrogen-bond donors (Lipinski definition) is 2. The monoisotopic (exact) mass is 408 g/mol. The van der Waals surface area contributed by atoms with E-state index in [1.54, 1.807) is 6.07 Å². The van der Waals surface area contributed by atoms with Crippen LogP contribution in [0.2, 0.25) is 0 Å². The molecule has 0 unspecified atom stereocenters. The Labute approximate surface area is 162 Å². The van der Waals surface area contributed by atoms with E-state index in [2.05, 4.69) is 0 Å². The normalized spacial score (nSPS) is 24.6. The van der Waals surface area contributed by atoms with Gasteiger partial charge in [0.1, 0.15) is 0 Å². The highest BCUT2D eigenvalue weighted by Gasteiger charge is 2.66. The third kappa shape index (κ3) is 3.70. The molecule has 1 fully saturated rings. The lowest BCUT2D eigenvalue weighted by atomic mass is 9.70. The molecule has 7 nitrogen and oxygen atoms in total. The number of nitrogens with one attached hydrogen (secondary N) is 1. The molecule has 1 saturated heterocycles. The number of Topliss-reactive ketones (excluding diaryl/α,β-unsaturated/α-hetero) is 1. The molecule has 2 aromatic rings. The molecule has 10 heteroatoms. The summed E-state index contributed by atoms with van der Waals surface area (Å²) in [6, 6.07) is 11.7. The van der Waals surface area contributed by atoms with Gasteiger partial charge in [-0.25, -0.2) is 0 Å². The van der Waals surface area contributed by atoms with Gasteiger partial charge in [0.2, 0.25) is 11.6 Å². The van der Waals surface area contributed by atoms with Crippen LogP contribution in [-0.2, 0) is 4.79 Å². The van der Waals surface area contributed by atoms with Gasteiger partial charge in [0.15, 0.2) is 5.78 Å². The zero-order valence-electron chi connectivity index (χ0n) is 14.7. The zero-order chi connectivity index (χ0) is 21.4. The highest BCUT2D eigenvalue weighted by Crippen LogP contribution is 2.47. The van der Waals surface area contributed by atoms with Crippen molar-refractivity contribution in [3.63, 3.8) is 0 Å². The Morgan fingerprint density at radius 1 is 1.17 bits per heavy atom. The third-order valence-electron chi connectivity index (χ3n) is 4.87. The van der Waals surface area contributed by atoms with Gasteiger partial charge in [-0.1, -0.05) is 42.5 Å². The molecule has 3 atom stereocenters. The highest BCUT2D eigenvalue weighted by atomic mass is 19.4. The topological polar surface area (TPSA) is 110 Å². The maximum Gasteiger partial charge on any atom is 0.437 e. The number of carbonyl (C=O) groups is 2. The summed E-state index contributed by atoms with van der Waals surface area (Å²) in [7, 11) is 0. The summed E-state index contributed by atoms with van der Waals surface area (Å²) in [6.07, 6.45) is -5.92. The molecular formula is C19H15F3N2O5. The van der Waals surface area contributed by atoms with Crippen molar-refractivity contribution in [1.82, 2.24) is 5.32 Å². The lowest BCUT2D eigenvalue weighted by molar-refractivity contribution is -0.385. The van der Waals surface area contributed by atoms with Crippen molar-refractivity contribution in [1.29, 1.82) is 0 Å². The summed E-state index contributed by atoms with van der Waals surface area (Å²) < 4.78 is 41.4. The van der Waals surface area contributed by atoms with Crippen LogP contribution in [0.4, 0.5) is 18.9 Å². The van der Waals surface area contributed by atoms with Crippen LogP contribution in [-0.4, -0.2) is 33.6 Å². The van der Waals surface area contributed by atoms with Gasteiger partial charge in [0, 0.05) is 30.0 Å². The second-order valence-electron chi connectivity index (χ2n) is 6.68. The fourth-order valence-electron chi connectivity index (χ4n) is 3.53. The number of nitro groups is 1. The second-order valence-corrected chi connectivity index (χ2v) is 6.68. The fraction of sp³-hybridized carbons (Fsp3) is 0.263. The Morgan fingerprint density at radius 2 is 1.83 bits per heavy atom. The van der Waals surface area contributed by atoms with Crippen molar-refractivity contribution in [2.75, 3.05) is 0 Å². The number of benzene rings is 2. The molecular weight excluding hydrogens is 393 g/mol. The summed E-state index contributed by atoms with van der Waals surface area (Å²) in [5.41, 5.74) is -4.35. The maximum atomic E-state index is 13.8. The summed E-state index contributed by atoms with van der Waals surface area (Å²) in [6.45, 7) is 0. The third-order valence-corrected chi connectivity index (χ3v) is 4.87. The number of amides is 1. The molecule has 3 rings (SSSR count). The van der Waals surface area contributed by atoms with Crippen molar-refractivity contribution in [3.05, 3.63) is 75.8 Å². The van der Waals surface area contributed by atoms with Gasteiger partial charge < -0.3 is 10.4 Å². The Hall–Kier alpha value is -3.27. The number of aliphatic hydroxyl groups is 1. The molecule has 1 aliphatic rings. The van der Waals surface area contributed by atoms with Gasteiger partial charge in [0.05, 0.1) is 10.8 Å². The van der Waals surface area contributed by atoms with Gasteiger partial charge in [-0.05, 0) is 5.56 Å². The second kappa shape index (κ2) is 7.28. The van der Waals surface area contributed by atoms with Crippen LogP contribution in [0.1, 0.15) is 28.3 Å². The number of piperidine rings is 1. The van der Waals surface area contributed by atoms with Crippen molar-refractivity contribution in [2.24, 2.45) is 5.92 Å². The Balaban J connectivity index is 2.18. The van der Waals surface area contributed by atoms with Crippen molar-refractivity contribution < 1.29 is 32.8 Å². The first kappa shape index (κ1) is 20.5. The summed E-state index contributed by atoms with van der Waals surface area (Å²) >= 11 is 0. The molecule has 0 saturated carbocycles. The number of ketones is 1. The predicted molar refractivity (Wildman–Crippen MR) is 93.9 cm³/mol.